The summed E-state index contributed by atoms with van der Waals surface area (Å²) in [7, 11) is 1.56. The zero-order chi connectivity index (χ0) is 18.1. The number of amides is 4. The number of carbonyl (C=O) groups is 4. The van der Waals surface area contributed by atoms with E-state index >= 15 is 0 Å². The zero-order valence-corrected chi connectivity index (χ0v) is 15.1. The smallest absolute Gasteiger partial charge is 0.254 e. The second-order valence-corrected chi connectivity index (χ2v) is 7.66. The highest BCUT2D eigenvalue weighted by Gasteiger charge is 2.32. The van der Waals surface area contributed by atoms with E-state index in [0.717, 1.165) is 34.6 Å². The Balaban J connectivity index is 1.82. The molecule has 7 nitrogen and oxygen atoms in total. The standard InChI is InChI=1S/C17H21N3O4S/c1-9-3-4-10-11(7-9)25-17(15(10)16(24)18-2)19-12(21)8-20-13(22)5-6-14(20)23/h9H,3-8H2,1-2H3,(H,18,24)(H,19,21)/t9-/m0/s1. The number of rotatable bonds is 4. The number of nitrogens with one attached hydrogen (secondary N) is 2. The molecule has 1 aliphatic carbocycles. The molecular weight excluding hydrogens is 342 g/mol. The number of nitrogens with zero attached hydrogens (tertiary/aromatic N) is 1. The van der Waals surface area contributed by atoms with Crippen molar-refractivity contribution in [2.75, 3.05) is 18.9 Å². The van der Waals surface area contributed by atoms with E-state index in [2.05, 4.69) is 17.6 Å². The van der Waals surface area contributed by atoms with Crippen molar-refractivity contribution in [2.24, 2.45) is 5.92 Å². The minimum absolute atomic E-state index is 0.154. The van der Waals surface area contributed by atoms with Gasteiger partial charge in [-0.25, -0.2) is 0 Å². The molecule has 0 unspecified atom stereocenters. The molecule has 134 valence electrons. The van der Waals surface area contributed by atoms with Crippen LogP contribution in [0.15, 0.2) is 0 Å². The fraction of sp³-hybridized carbons (Fsp3) is 0.529. The summed E-state index contributed by atoms with van der Waals surface area (Å²) in [6.45, 7) is 1.87. The van der Waals surface area contributed by atoms with Gasteiger partial charge in [0.2, 0.25) is 17.7 Å². The minimum atomic E-state index is -0.458. The molecule has 1 aliphatic heterocycles. The lowest BCUT2D eigenvalue weighted by Gasteiger charge is -2.18. The maximum absolute atomic E-state index is 12.3. The quantitative estimate of drug-likeness (QED) is 0.789. The summed E-state index contributed by atoms with van der Waals surface area (Å²) in [6.07, 6.45) is 3.02. The number of thiophene rings is 1. The van der Waals surface area contributed by atoms with Crippen molar-refractivity contribution in [1.29, 1.82) is 0 Å². The highest BCUT2D eigenvalue weighted by Crippen LogP contribution is 2.39. The van der Waals surface area contributed by atoms with Crippen molar-refractivity contribution in [3.8, 4) is 0 Å². The molecule has 8 heteroatoms. The van der Waals surface area contributed by atoms with Crippen LogP contribution in [0.2, 0.25) is 0 Å². The molecule has 0 radical (unpaired) electrons. The van der Waals surface area contributed by atoms with Crippen LogP contribution in [0, 0.1) is 5.92 Å². The topological polar surface area (TPSA) is 95.6 Å². The fourth-order valence-electron chi connectivity index (χ4n) is 3.31. The molecule has 3 rings (SSSR count). The Morgan fingerprint density at radius 3 is 2.52 bits per heavy atom. The summed E-state index contributed by atoms with van der Waals surface area (Å²) < 4.78 is 0. The Labute approximate surface area is 149 Å². The maximum Gasteiger partial charge on any atom is 0.254 e. The predicted octanol–water partition coefficient (Wildman–Crippen LogP) is 1.32. The van der Waals surface area contributed by atoms with Crippen molar-refractivity contribution in [3.63, 3.8) is 0 Å². The van der Waals surface area contributed by atoms with Gasteiger partial charge in [-0.3, -0.25) is 24.1 Å². The number of hydrogen-bond donors (Lipinski definition) is 2. The third kappa shape index (κ3) is 3.44. The van der Waals surface area contributed by atoms with Gasteiger partial charge in [-0.1, -0.05) is 6.92 Å². The first-order valence-corrected chi connectivity index (χ1v) is 9.22. The molecule has 1 aromatic rings. The molecule has 2 heterocycles. The van der Waals surface area contributed by atoms with Crippen LogP contribution in [0.1, 0.15) is 47.0 Å². The van der Waals surface area contributed by atoms with Crippen LogP contribution in [0.3, 0.4) is 0 Å². The molecular formula is C17H21N3O4S. The van der Waals surface area contributed by atoms with E-state index in [-0.39, 0.29) is 37.1 Å². The van der Waals surface area contributed by atoms with Gasteiger partial charge in [-0.15, -0.1) is 11.3 Å². The van der Waals surface area contributed by atoms with E-state index in [9.17, 15) is 19.2 Å². The molecule has 0 spiro atoms. The Morgan fingerprint density at radius 1 is 1.20 bits per heavy atom. The van der Waals surface area contributed by atoms with E-state index in [0.29, 0.717) is 16.5 Å². The Morgan fingerprint density at radius 2 is 1.88 bits per heavy atom. The van der Waals surface area contributed by atoms with Crippen molar-refractivity contribution in [1.82, 2.24) is 10.2 Å². The largest absolute Gasteiger partial charge is 0.355 e. The number of fused-ring (bicyclic) bond motifs is 1. The second kappa shape index (κ2) is 6.95. The maximum atomic E-state index is 12.3. The van der Waals surface area contributed by atoms with E-state index < -0.39 is 5.91 Å². The SMILES string of the molecule is CNC(=O)c1c(NC(=O)CN2C(=O)CCC2=O)sc2c1CC[C@H](C)C2. The van der Waals surface area contributed by atoms with E-state index in [4.69, 9.17) is 0 Å². The molecule has 0 aromatic carbocycles. The van der Waals surface area contributed by atoms with Crippen molar-refractivity contribution < 1.29 is 19.2 Å². The molecule has 25 heavy (non-hydrogen) atoms. The monoisotopic (exact) mass is 363 g/mol. The summed E-state index contributed by atoms with van der Waals surface area (Å²) in [5.41, 5.74) is 1.52. The first-order valence-electron chi connectivity index (χ1n) is 8.40. The van der Waals surface area contributed by atoms with Crippen molar-refractivity contribution in [3.05, 3.63) is 16.0 Å². The molecule has 1 aromatic heterocycles. The van der Waals surface area contributed by atoms with Crippen LogP contribution in [-0.2, 0) is 27.2 Å². The Hall–Kier alpha value is -2.22. The van der Waals surface area contributed by atoms with Crippen LogP contribution in [0.25, 0.3) is 0 Å². The van der Waals surface area contributed by atoms with Gasteiger partial charge in [0.05, 0.1) is 5.56 Å². The molecule has 4 amide bonds. The van der Waals surface area contributed by atoms with Gasteiger partial charge < -0.3 is 10.6 Å². The van der Waals surface area contributed by atoms with Gasteiger partial charge in [-0.05, 0) is 30.7 Å². The highest BCUT2D eigenvalue weighted by atomic mass is 32.1. The molecule has 1 saturated heterocycles. The van der Waals surface area contributed by atoms with Crippen LogP contribution in [0.4, 0.5) is 5.00 Å². The minimum Gasteiger partial charge on any atom is -0.355 e. The fourth-order valence-corrected chi connectivity index (χ4v) is 4.74. The Kier molecular flexibility index (Phi) is 4.89. The number of anilines is 1. The first-order chi connectivity index (χ1) is 11.9. The van der Waals surface area contributed by atoms with Gasteiger partial charge in [0.1, 0.15) is 11.5 Å². The second-order valence-electron chi connectivity index (χ2n) is 6.56. The van der Waals surface area contributed by atoms with Gasteiger partial charge >= 0.3 is 0 Å². The van der Waals surface area contributed by atoms with Crippen molar-refractivity contribution >= 4 is 40.0 Å². The average Bonchev–Trinajstić information content (AvgIpc) is 3.07. The lowest BCUT2D eigenvalue weighted by Crippen LogP contribution is -2.37. The normalized spacial score (nSPS) is 19.8. The number of imide groups is 1. The van der Waals surface area contributed by atoms with E-state index in [1.54, 1.807) is 7.05 Å². The average molecular weight is 363 g/mol. The molecule has 0 bridgehead atoms. The van der Waals surface area contributed by atoms with E-state index in [1.807, 2.05) is 0 Å². The first kappa shape index (κ1) is 17.6. The highest BCUT2D eigenvalue weighted by molar-refractivity contribution is 7.17. The molecule has 0 saturated carbocycles. The number of carbonyl (C=O) groups excluding carboxylic acids is 4. The van der Waals surface area contributed by atoms with Gasteiger partial charge in [0.15, 0.2) is 0 Å². The predicted molar refractivity (Wildman–Crippen MR) is 93.5 cm³/mol. The molecule has 2 N–H and O–H groups in total. The molecule has 2 aliphatic rings. The number of likely N-dealkylation sites (tertiary alicyclic amines) is 1. The van der Waals surface area contributed by atoms with E-state index in [1.165, 1.54) is 11.3 Å². The summed E-state index contributed by atoms with van der Waals surface area (Å²) in [5, 5.41) is 5.87. The van der Waals surface area contributed by atoms with Crippen LogP contribution < -0.4 is 10.6 Å². The lowest BCUT2D eigenvalue weighted by molar-refractivity contribution is -0.141. The summed E-state index contributed by atoms with van der Waals surface area (Å²) in [4.78, 5) is 50.0. The molecule has 1 fully saturated rings. The summed E-state index contributed by atoms with van der Waals surface area (Å²) in [6, 6.07) is 0. The third-order valence-electron chi connectivity index (χ3n) is 4.68. The van der Waals surface area contributed by atoms with Crippen LogP contribution in [0.5, 0.6) is 0 Å². The Bertz CT molecular complexity index is 739. The van der Waals surface area contributed by atoms with Crippen LogP contribution in [-0.4, -0.2) is 42.1 Å². The van der Waals surface area contributed by atoms with Gasteiger partial charge in [0.25, 0.3) is 5.91 Å². The van der Waals surface area contributed by atoms with Crippen LogP contribution >= 0.6 is 11.3 Å². The zero-order valence-electron chi connectivity index (χ0n) is 14.3. The number of hydrogen-bond acceptors (Lipinski definition) is 5. The third-order valence-corrected chi connectivity index (χ3v) is 5.85. The van der Waals surface area contributed by atoms with Gasteiger partial charge in [-0.2, -0.15) is 0 Å². The summed E-state index contributed by atoms with van der Waals surface area (Å²) >= 11 is 1.42. The van der Waals surface area contributed by atoms with Gasteiger partial charge in [0, 0.05) is 24.8 Å². The lowest BCUT2D eigenvalue weighted by atomic mass is 9.88. The molecule has 1 atom stereocenters. The summed E-state index contributed by atoms with van der Waals surface area (Å²) in [5.74, 6) is -0.792. The van der Waals surface area contributed by atoms with Crippen molar-refractivity contribution in [2.45, 2.75) is 39.0 Å².